The molecule has 2 N–H and O–H groups in total. The van der Waals surface area contributed by atoms with Crippen LogP contribution in [0.4, 0.5) is 11.4 Å². The van der Waals surface area contributed by atoms with Crippen LogP contribution in [0.1, 0.15) is 88.2 Å². The van der Waals surface area contributed by atoms with Gasteiger partial charge in [-0.25, -0.2) is 4.79 Å². The molecule has 4 nitrogen and oxygen atoms in total. The Morgan fingerprint density at radius 2 is 1.84 bits per heavy atom. The predicted molar refractivity (Wildman–Crippen MR) is 133 cm³/mol. The largest absolute Gasteiger partial charge is 0.491 e. The van der Waals surface area contributed by atoms with Crippen LogP contribution in [0, 0.1) is 5.92 Å². The fraction of sp³-hybridized carbons (Fsp3) is 0.464. The van der Waals surface area contributed by atoms with E-state index in [0.29, 0.717) is 12.5 Å². The molecule has 2 aromatic carbocycles. The number of nitrogens with one attached hydrogen (secondary N) is 1. The van der Waals surface area contributed by atoms with Crippen LogP contribution < -0.4 is 10.1 Å². The van der Waals surface area contributed by atoms with Crippen LogP contribution in [0.2, 0.25) is 0 Å². The maximum atomic E-state index is 11.2. The van der Waals surface area contributed by atoms with Crippen molar-refractivity contribution in [2.24, 2.45) is 5.92 Å². The van der Waals surface area contributed by atoms with Crippen molar-refractivity contribution in [1.82, 2.24) is 0 Å². The van der Waals surface area contributed by atoms with Crippen molar-refractivity contribution in [3.63, 3.8) is 0 Å². The summed E-state index contributed by atoms with van der Waals surface area (Å²) >= 11 is 0. The first-order chi connectivity index (χ1) is 15.2. The summed E-state index contributed by atoms with van der Waals surface area (Å²) in [5.74, 6) is 0.379. The van der Waals surface area contributed by atoms with Crippen molar-refractivity contribution in [2.75, 3.05) is 11.9 Å². The van der Waals surface area contributed by atoms with Crippen molar-refractivity contribution in [3.05, 3.63) is 59.2 Å². The summed E-state index contributed by atoms with van der Waals surface area (Å²) in [6.07, 6.45) is 8.04. The van der Waals surface area contributed by atoms with E-state index in [1.807, 2.05) is 0 Å². The minimum absolute atomic E-state index is 0.0513. The molecule has 0 amide bonds. The van der Waals surface area contributed by atoms with Gasteiger partial charge in [0.25, 0.3) is 0 Å². The summed E-state index contributed by atoms with van der Waals surface area (Å²) in [6, 6.07) is 11.3. The Labute approximate surface area is 192 Å². The van der Waals surface area contributed by atoms with Gasteiger partial charge < -0.3 is 15.2 Å². The maximum absolute atomic E-state index is 11.2. The summed E-state index contributed by atoms with van der Waals surface area (Å²) in [5, 5.41) is 12.7. The SMILES string of the molecule is CCCCCCOc1cc2c(cc1Nc1ccc(C(=O)O)cc1)C(C(C)C)=CCC2(C)C. The number of carboxylic acids is 1. The molecule has 0 fully saturated rings. The Kier molecular flexibility index (Phi) is 7.65. The number of aromatic carboxylic acids is 1. The minimum Gasteiger partial charge on any atom is -0.491 e. The molecule has 172 valence electrons. The number of fused-ring (bicyclic) bond motifs is 1. The molecule has 1 aliphatic rings. The number of hydrogen-bond acceptors (Lipinski definition) is 3. The number of benzene rings is 2. The molecule has 32 heavy (non-hydrogen) atoms. The highest BCUT2D eigenvalue weighted by Gasteiger charge is 2.30. The first kappa shape index (κ1) is 23.9. The van der Waals surface area contributed by atoms with Gasteiger partial charge in [-0.05, 0) is 77.3 Å². The van der Waals surface area contributed by atoms with E-state index in [2.05, 4.69) is 58.1 Å². The van der Waals surface area contributed by atoms with E-state index in [1.165, 1.54) is 36.0 Å². The van der Waals surface area contributed by atoms with Crippen LogP contribution in [-0.4, -0.2) is 17.7 Å². The van der Waals surface area contributed by atoms with Crippen LogP contribution in [0.15, 0.2) is 42.5 Å². The lowest BCUT2D eigenvalue weighted by molar-refractivity contribution is 0.0697. The molecule has 0 atom stereocenters. The molecule has 0 bridgehead atoms. The topological polar surface area (TPSA) is 58.6 Å². The standard InChI is InChI=1S/C28H37NO3/c1-6-7-8-9-16-32-26-18-24-23(22(19(2)3)14-15-28(24,4)5)17-25(26)29-21-12-10-20(11-13-21)27(30)31/h10-14,17-19,29H,6-9,15-16H2,1-5H3,(H,30,31). The van der Waals surface area contributed by atoms with Crippen molar-refractivity contribution < 1.29 is 14.6 Å². The van der Waals surface area contributed by atoms with Gasteiger partial charge in [0.05, 0.1) is 17.9 Å². The summed E-state index contributed by atoms with van der Waals surface area (Å²) in [4.78, 5) is 11.2. The first-order valence-electron chi connectivity index (χ1n) is 11.8. The molecule has 0 saturated carbocycles. The average molecular weight is 436 g/mol. The van der Waals surface area contributed by atoms with Crippen LogP contribution in [0.3, 0.4) is 0 Å². The van der Waals surface area contributed by atoms with E-state index >= 15 is 0 Å². The lowest BCUT2D eigenvalue weighted by Gasteiger charge is -2.34. The second kappa shape index (κ2) is 10.2. The monoisotopic (exact) mass is 435 g/mol. The van der Waals surface area contributed by atoms with E-state index in [0.717, 1.165) is 30.0 Å². The molecule has 3 rings (SSSR count). The quantitative estimate of drug-likeness (QED) is 0.374. The second-order valence-electron chi connectivity index (χ2n) is 9.71. The zero-order chi connectivity index (χ0) is 23.3. The highest BCUT2D eigenvalue weighted by molar-refractivity contribution is 5.88. The van der Waals surface area contributed by atoms with Crippen molar-refractivity contribution in [1.29, 1.82) is 0 Å². The average Bonchev–Trinajstić information content (AvgIpc) is 2.74. The van der Waals surface area contributed by atoms with E-state index in [1.54, 1.807) is 24.3 Å². The Morgan fingerprint density at radius 3 is 2.47 bits per heavy atom. The zero-order valence-electron chi connectivity index (χ0n) is 20.1. The molecule has 0 aromatic heterocycles. The van der Waals surface area contributed by atoms with Gasteiger partial charge >= 0.3 is 5.97 Å². The number of carbonyl (C=O) groups is 1. The number of carboxylic acid groups (broad SMARTS) is 1. The summed E-state index contributed by atoms with van der Waals surface area (Å²) < 4.78 is 6.30. The van der Waals surface area contributed by atoms with Gasteiger partial charge in [-0.3, -0.25) is 0 Å². The Morgan fingerprint density at radius 1 is 1.12 bits per heavy atom. The fourth-order valence-electron chi connectivity index (χ4n) is 4.29. The van der Waals surface area contributed by atoms with Crippen LogP contribution in [-0.2, 0) is 5.41 Å². The number of unbranched alkanes of at least 4 members (excludes halogenated alkanes) is 3. The Hall–Kier alpha value is -2.75. The predicted octanol–water partition coefficient (Wildman–Crippen LogP) is 7.81. The van der Waals surface area contributed by atoms with Gasteiger partial charge in [-0.2, -0.15) is 0 Å². The van der Waals surface area contributed by atoms with Gasteiger partial charge in [0, 0.05) is 5.69 Å². The van der Waals surface area contributed by atoms with Crippen molar-refractivity contribution in [3.8, 4) is 5.75 Å². The van der Waals surface area contributed by atoms with Gasteiger partial charge in [-0.15, -0.1) is 0 Å². The molecule has 0 unspecified atom stereocenters. The molecule has 2 aromatic rings. The van der Waals surface area contributed by atoms with Gasteiger partial charge in [0.2, 0.25) is 0 Å². The summed E-state index contributed by atoms with van der Waals surface area (Å²) in [5.41, 5.74) is 6.08. The molecule has 1 aliphatic carbocycles. The normalized spacial score (nSPS) is 14.6. The molecule has 0 spiro atoms. The van der Waals surface area contributed by atoms with Crippen LogP contribution in [0.25, 0.3) is 5.57 Å². The van der Waals surface area contributed by atoms with Gasteiger partial charge in [0.1, 0.15) is 5.75 Å². The van der Waals surface area contributed by atoms with E-state index in [-0.39, 0.29) is 11.0 Å². The molecule has 0 aliphatic heterocycles. The number of anilines is 2. The molecule has 0 radical (unpaired) electrons. The molecule has 0 heterocycles. The third-order valence-electron chi connectivity index (χ3n) is 6.28. The minimum atomic E-state index is -0.921. The van der Waals surface area contributed by atoms with E-state index in [9.17, 15) is 9.90 Å². The number of ether oxygens (including phenoxy) is 1. The van der Waals surface area contributed by atoms with E-state index in [4.69, 9.17) is 4.74 Å². The Balaban J connectivity index is 1.97. The molecule has 4 heteroatoms. The highest BCUT2D eigenvalue weighted by Crippen LogP contribution is 2.45. The molecular weight excluding hydrogens is 398 g/mol. The maximum Gasteiger partial charge on any atom is 0.335 e. The third kappa shape index (κ3) is 5.53. The first-order valence-corrected chi connectivity index (χ1v) is 11.8. The van der Waals surface area contributed by atoms with Crippen LogP contribution in [0.5, 0.6) is 5.75 Å². The smallest absolute Gasteiger partial charge is 0.335 e. The fourth-order valence-corrected chi connectivity index (χ4v) is 4.29. The highest BCUT2D eigenvalue weighted by atomic mass is 16.5. The lowest BCUT2D eigenvalue weighted by atomic mass is 9.71. The van der Waals surface area contributed by atoms with Gasteiger partial charge in [-0.1, -0.05) is 60.0 Å². The molecular formula is C28H37NO3. The zero-order valence-corrected chi connectivity index (χ0v) is 20.1. The summed E-state index contributed by atoms with van der Waals surface area (Å²) in [7, 11) is 0. The third-order valence-corrected chi connectivity index (χ3v) is 6.28. The molecule has 0 saturated heterocycles. The van der Waals surface area contributed by atoms with Crippen molar-refractivity contribution in [2.45, 2.75) is 72.1 Å². The van der Waals surface area contributed by atoms with E-state index < -0.39 is 5.97 Å². The van der Waals surface area contributed by atoms with Crippen molar-refractivity contribution >= 4 is 22.9 Å². The second-order valence-corrected chi connectivity index (χ2v) is 9.71. The lowest BCUT2D eigenvalue weighted by Crippen LogP contribution is -2.23. The number of hydrogen-bond donors (Lipinski definition) is 2. The number of allylic oxidation sites excluding steroid dienone is 2. The Bertz CT molecular complexity index is 971. The number of rotatable bonds is 10. The van der Waals surface area contributed by atoms with Gasteiger partial charge in [0.15, 0.2) is 0 Å². The summed E-state index contributed by atoms with van der Waals surface area (Å²) in [6.45, 7) is 12.0. The van der Waals surface area contributed by atoms with Crippen LogP contribution >= 0.6 is 0 Å².